The van der Waals surface area contributed by atoms with Crippen LogP contribution < -0.4 is 10.5 Å². The molecule has 32 heavy (non-hydrogen) atoms. The molecule has 0 bridgehead atoms. The van der Waals surface area contributed by atoms with Crippen LogP contribution in [0.3, 0.4) is 0 Å². The number of ether oxygens (including phenoxy) is 1. The fourth-order valence-electron chi connectivity index (χ4n) is 3.91. The van der Waals surface area contributed by atoms with E-state index in [-0.39, 0.29) is 6.42 Å². The Balaban J connectivity index is 1.81. The van der Waals surface area contributed by atoms with Crippen LogP contribution in [0.2, 0.25) is 0 Å². The van der Waals surface area contributed by atoms with Gasteiger partial charge in [-0.25, -0.2) is 0 Å². The number of carboxylic acids is 1. The van der Waals surface area contributed by atoms with Crippen LogP contribution in [-0.4, -0.2) is 17.1 Å². The molecule has 0 amide bonds. The van der Waals surface area contributed by atoms with Crippen molar-refractivity contribution in [2.45, 2.75) is 18.1 Å². The van der Waals surface area contributed by atoms with Crippen molar-refractivity contribution in [2.75, 3.05) is 0 Å². The predicted molar refractivity (Wildman–Crippen MR) is 126 cm³/mol. The van der Waals surface area contributed by atoms with E-state index in [9.17, 15) is 4.79 Å². The molecule has 0 saturated carbocycles. The van der Waals surface area contributed by atoms with Crippen molar-refractivity contribution in [2.24, 2.45) is 5.73 Å². The zero-order valence-corrected chi connectivity index (χ0v) is 17.6. The molecule has 0 saturated heterocycles. The predicted octanol–water partition coefficient (Wildman–Crippen LogP) is 5.01. The Morgan fingerprint density at radius 2 is 1.12 bits per heavy atom. The van der Waals surface area contributed by atoms with Gasteiger partial charge in [0.2, 0.25) is 0 Å². The van der Waals surface area contributed by atoms with Gasteiger partial charge >= 0.3 is 5.97 Å². The zero-order chi connectivity index (χ0) is 22.4. The number of benzene rings is 4. The molecule has 1 atom stereocenters. The van der Waals surface area contributed by atoms with Gasteiger partial charge in [-0.1, -0.05) is 103 Å². The smallest absolute Gasteiger partial charge is 0.320 e. The molecule has 0 radical (unpaired) electrons. The van der Waals surface area contributed by atoms with Gasteiger partial charge in [-0.2, -0.15) is 0 Å². The maximum Gasteiger partial charge on any atom is 0.320 e. The van der Waals surface area contributed by atoms with Crippen LogP contribution >= 0.6 is 0 Å². The molecule has 0 aliphatic rings. The quantitative estimate of drug-likeness (QED) is 0.391. The average Bonchev–Trinajstić information content (AvgIpc) is 2.85. The maximum atomic E-state index is 11.1. The van der Waals surface area contributed by atoms with Crippen LogP contribution in [0.25, 0.3) is 0 Å². The van der Waals surface area contributed by atoms with Gasteiger partial charge in [-0.3, -0.25) is 4.79 Å². The fourth-order valence-corrected chi connectivity index (χ4v) is 3.91. The fraction of sp³-hybridized carbons (Fsp3) is 0.107. The second kappa shape index (κ2) is 9.50. The van der Waals surface area contributed by atoms with E-state index >= 15 is 0 Å². The summed E-state index contributed by atoms with van der Waals surface area (Å²) in [5.41, 5.74) is 8.70. The highest BCUT2D eigenvalue weighted by Gasteiger charge is 2.38. The molecule has 0 aliphatic heterocycles. The summed E-state index contributed by atoms with van der Waals surface area (Å²) in [5.74, 6) is -0.337. The van der Waals surface area contributed by atoms with Crippen LogP contribution in [0.5, 0.6) is 5.75 Å². The molecule has 4 rings (SSSR count). The highest BCUT2D eigenvalue weighted by molar-refractivity contribution is 5.73. The van der Waals surface area contributed by atoms with Crippen molar-refractivity contribution in [3.63, 3.8) is 0 Å². The van der Waals surface area contributed by atoms with Crippen LogP contribution in [0.15, 0.2) is 115 Å². The molecular formula is C28H25NO3. The number of hydrogen-bond donors (Lipinski definition) is 2. The molecule has 0 aromatic heterocycles. The van der Waals surface area contributed by atoms with Crippen molar-refractivity contribution in [3.05, 3.63) is 138 Å². The molecule has 4 aromatic rings. The molecule has 0 aliphatic carbocycles. The van der Waals surface area contributed by atoms with E-state index in [1.54, 1.807) is 0 Å². The van der Waals surface area contributed by atoms with Gasteiger partial charge in [0.05, 0.1) is 0 Å². The standard InChI is InChI=1S/C28H25NO3/c29-26(27(30)31)20-21-16-18-25(19-17-21)32-28(22-10-4-1-5-11-22,23-12-6-2-7-13-23)24-14-8-3-9-15-24/h1-19,26H,20,29H2,(H,30,31). The summed E-state index contributed by atoms with van der Waals surface area (Å²) < 4.78 is 6.82. The van der Waals surface area contributed by atoms with Crippen molar-refractivity contribution in [1.82, 2.24) is 0 Å². The molecule has 4 heteroatoms. The molecule has 4 nitrogen and oxygen atoms in total. The lowest BCUT2D eigenvalue weighted by Crippen LogP contribution is -2.36. The highest BCUT2D eigenvalue weighted by Crippen LogP contribution is 2.41. The van der Waals surface area contributed by atoms with Gasteiger partial charge in [-0.05, 0) is 24.1 Å². The van der Waals surface area contributed by atoms with Crippen LogP contribution in [0, 0.1) is 0 Å². The number of aliphatic carboxylic acids is 1. The Bertz CT molecular complexity index is 1050. The van der Waals surface area contributed by atoms with Gasteiger partial charge < -0.3 is 15.6 Å². The first kappa shape index (κ1) is 21.3. The van der Waals surface area contributed by atoms with Gasteiger partial charge in [0, 0.05) is 16.7 Å². The maximum absolute atomic E-state index is 11.1. The monoisotopic (exact) mass is 423 g/mol. The van der Waals surface area contributed by atoms with Gasteiger partial charge in [0.15, 0.2) is 5.60 Å². The minimum absolute atomic E-state index is 0.261. The topological polar surface area (TPSA) is 72.5 Å². The van der Waals surface area contributed by atoms with Gasteiger partial charge in [0.25, 0.3) is 0 Å². The number of carbonyl (C=O) groups is 1. The van der Waals surface area contributed by atoms with E-state index in [0.29, 0.717) is 5.75 Å². The molecular weight excluding hydrogens is 398 g/mol. The van der Waals surface area contributed by atoms with Crippen molar-refractivity contribution in [1.29, 1.82) is 0 Å². The number of carboxylic acid groups (broad SMARTS) is 1. The van der Waals surface area contributed by atoms with Crippen molar-refractivity contribution in [3.8, 4) is 5.75 Å². The zero-order valence-electron chi connectivity index (χ0n) is 17.6. The Hall–Kier alpha value is -3.89. The van der Waals surface area contributed by atoms with E-state index in [0.717, 1.165) is 22.3 Å². The van der Waals surface area contributed by atoms with Crippen molar-refractivity contribution >= 4 is 5.97 Å². The second-order valence-electron chi connectivity index (χ2n) is 7.67. The largest absolute Gasteiger partial charge is 0.480 e. The first-order chi connectivity index (χ1) is 15.6. The summed E-state index contributed by atoms with van der Waals surface area (Å²) in [6.07, 6.45) is 0.261. The third-order valence-corrected chi connectivity index (χ3v) is 5.51. The van der Waals surface area contributed by atoms with Crippen LogP contribution in [0.4, 0.5) is 0 Å². The molecule has 0 spiro atoms. The lowest BCUT2D eigenvalue weighted by Gasteiger charge is -2.36. The number of rotatable bonds is 8. The number of hydrogen-bond acceptors (Lipinski definition) is 3. The van der Waals surface area contributed by atoms with Crippen LogP contribution in [0.1, 0.15) is 22.3 Å². The van der Waals surface area contributed by atoms with E-state index < -0.39 is 17.6 Å². The first-order valence-corrected chi connectivity index (χ1v) is 10.5. The molecule has 1 unspecified atom stereocenters. The summed E-state index contributed by atoms with van der Waals surface area (Å²) in [4.78, 5) is 11.1. The molecule has 160 valence electrons. The summed E-state index contributed by atoms with van der Waals surface area (Å²) in [7, 11) is 0. The normalized spacial score (nSPS) is 12.2. The van der Waals surface area contributed by atoms with E-state index in [2.05, 4.69) is 36.4 Å². The number of nitrogens with two attached hydrogens (primary N) is 1. The summed E-state index contributed by atoms with van der Waals surface area (Å²) in [6, 6.07) is 37.0. The SMILES string of the molecule is NC(Cc1ccc(OC(c2ccccc2)(c2ccccc2)c2ccccc2)cc1)C(=O)O. The lowest BCUT2D eigenvalue weighted by molar-refractivity contribution is -0.138. The van der Waals surface area contributed by atoms with E-state index in [4.69, 9.17) is 15.6 Å². The van der Waals surface area contributed by atoms with Crippen LogP contribution in [-0.2, 0) is 16.8 Å². The van der Waals surface area contributed by atoms with Gasteiger partial charge in [-0.15, -0.1) is 0 Å². The first-order valence-electron chi connectivity index (χ1n) is 10.5. The second-order valence-corrected chi connectivity index (χ2v) is 7.67. The Morgan fingerprint density at radius 1 is 0.719 bits per heavy atom. The third kappa shape index (κ3) is 4.41. The molecule has 0 heterocycles. The molecule has 4 aromatic carbocycles. The highest BCUT2D eigenvalue weighted by atomic mass is 16.5. The summed E-state index contributed by atoms with van der Waals surface area (Å²) >= 11 is 0. The Labute approximate surface area is 187 Å². The third-order valence-electron chi connectivity index (χ3n) is 5.51. The molecule has 3 N–H and O–H groups in total. The summed E-state index contributed by atoms with van der Waals surface area (Å²) in [5, 5.41) is 9.08. The lowest BCUT2D eigenvalue weighted by atomic mass is 9.80. The minimum Gasteiger partial charge on any atom is -0.480 e. The van der Waals surface area contributed by atoms with Crippen molar-refractivity contribution < 1.29 is 14.6 Å². The van der Waals surface area contributed by atoms with E-state index in [1.165, 1.54) is 0 Å². The summed E-state index contributed by atoms with van der Waals surface area (Å²) in [6.45, 7) is 0. The Kier molecular flexibility index (Phi) is 6.34. The Morgan fingerprint density at radius 3 is 1.50 bits per heavy atom. The van der Waals surface area contributed by atoms with E-state index in [1.807, 2.05) is 78.9 Å². The molecule has 0 fully saturated rings. The minimum atomic E-state index is -1.01. The average molecular weight is 424 g/mol. The van der Waals surface area contributed by atoms with Gasteiger partial charge in [0.1, 0.15) is 11.8 Å².